The lowest BCUT2D eigenvalue weighted by atomic mass is 10.3. The summed E-state index contributed by atoms with van der Waals surface area (Å²) in [6.45, 7) is 0. The van der Waals surface area contributed by atoms with Gasteiger partial charge in [-0.1, -0.05) is 58.0 Å². The lowest BCUT2D eigenvalue weighted by molar-refractivity contribution is 1.28. The first-order valence-corrected chi connectivity index (χ1v) is 7.26. The molecule has 0 saturated heterocycles. The molecule has 2 N–H and O–H groups in total. The Morgan fingerprint density at radius 1 is 0.750 bits per heavy atom. The molecule has 2 aromatic rings. The molecule has 0 radical (unpaired) electrons. The number of nitrogens with zero attached hydrogens (tertiary/aromatic N) is 1. The topological polar surface area (TPSA) is 37.0 Å². The molecule has 1 heterocycles. The van der Waals surface area contributed by atoms with Crippen LogP contribution < -0.4 is 10.6 Å². The van der Waals surface area contributed by atoms with E-state index in [1.807, 2.05) is 0 Å². The van der Waals surface area contributed by atoms with Crippen molar-refractivity contribution in [3.05, 3.63) is 43.3 Å². The van der Waals surface area contributed by atoms with Crippen LogP contribution in [0.5, 0.6) is 0 Å². The highest BCUT2D eigenvalue weighted by atomic mass is 35.5. The Morgan fingerprint density at radius 2 is 1.30 bits per heavy atom. The van der Waals surface area contributed by atoms with Crippen LogP contribution in [0.4, 0.5) is 17.3 Å². The van der Waals surface area contributed by atoms with E-state index < -0.39 is 0 Å². The molecule has 0 fully saturated rings. The summed E-state index contributed by atoms with van der Waals surface area (Å²) in [6, 6.07) is 4.71. The molecule has 8 heteroatoms. The first kappa shape index (κ1) is 15.8. The molecule has 3 nitrogen and oxygen atoms in total. The van der Waals surface area contributed by atoms with E-state index in [1.54, 1.807) is 19.2 Å². The number of aromatic nitrogens is 1. The van der Waals surface area contributed by atoms with Gasteiger partial charge >= 0.3 is 0 Å². The van der Waals surface area contributed by atoms with Crippen molar-refractivity contribution < 1.29 is 0 Å². The standard InChI is InChI=1S/C12H8Cl5N3/c1-18-11-8(16)3-9(17)12(20-11)19-10-4-6(14)5(13)2-7(10)15/h2-4H,1H3,(H2,18,19,20). The lowest BCUT2D eigenvalue weighted by Crippen LogP contribution is -2.00. The normalized spacial score (nSPS) is 10.5. The highest BCUT2D eigenvalue weighted by molar-refractivity contribution is 6.44. The second-order valence-electron chi connectivity index (χ2n) is 3.77. The third-order valence-electron chi connectivity index (χ3n) is 2.43. The summed E-state index contributed by atoms with van der Waals surface area (Å²) < 4.78 is 0. The van der Waals surface area contributed by atoms with Gasteiger partial charge in [0.05, 0.1) is 30.8 Å². The summed E-state index contributed by atoms with van der Waals surface area (Å²) in [7, 11) is 1.71. The summed E-state index contributed by atoms with van der Waals surface area (Å²) in [5.74, 6) is 0.899. The van der Waals surface area contributed by atoms with Crippen LogP contribution in [0.2, 0.25) is 25.1 Å². The third kappa shape index (κ3) is 3.35. The Hall–Kier alpha value is -0.580. The van der Waals surface area contributed by atoms with Crippen LogP contribution >= 0.6 is 58.0 Å². The van der Waals surface area contributed by atoms with E-state index in [-0.39, 0.29) is 0 Å². The molecule has 0 aliphatic rings. The number of pyridine rings is 1. The molecule has 20 heavy (non-hydrogen) atoms. The van der Waals surface area contributed by atoms with Crippen LogP contribution in [0, 0.1) is 0 Å². The molecule has 0 bridgehead atoms. The van der Waals surface area contributed by atoms with Crippen LogP contribution in [-0.2, 0) is 0 Å². The second-order valence-corrected chi connectivity index (χ2v) is 5.81. The van der Waals surface area contributed by atoms with E-state index in [0.717, 1.165) is 0 Å². The summed E-state index contributed by atoms with van der Waals surface area (Å²) in [4.78, 5) is 4.26. The van der Waals surface area contributed by atoms with Gasteiger partial charge in [-0.2, -0.15) is 0 Å². The van der Waals surface area contributed by atoms with E-state index >= 15 is 0 Å². The SMILES string of the molecule is CNc1nc(Nc2cc(Cl)c(Cl)cc2Cl)c(Cl)cc1Cl. The van der Waals surface area contributed by atoms with Crippen LogP contribution in [0.25, 0.3) is 0 Å². The summed E-state index contributed by atoms with van der Waals surface area (Å²) in [5, 5.41) is 7.78. The average molecular weight is 371 g/mol. The van der Waals surface area contributed by atoms with Crippen LogP contribution in [-0.4, -0.2) is 12.0 Å². The van der Waals surface area contributed by atoms with Gasteiger partial charge in [0.15, 0.2) is 5.82 Å². The van der Waals surface area contributed by atoms with Crippen molar-refractivity contribution in [1.82, 2.24) is 4.98 Å². The fraction of sp³-hybridized carbons (Fsp3) is 0.0833. The molecule has 1 aromatic heterocycles. The van der Waals surface area contributed by atoms with Crippen LogP contribution in [0.15, 0.2) is 18.2 Å². The lowest BCUT2D eigenvalue weighted by Gasteiger charge is -2.12. The zero-order valence-corrected chi connectivity index (χ0v) is 13.8. The van der Waals surface area contributed by atoms with E-state index in [4.69, 9.17) is 58.0 Å². The number of hydrogen-bond acceptors (Lipinski definition) is 3. The van der Waals surface area contributed by atoms with Gasteiger partial charge in [-0.3, -0.25) is 0 Å². The van der Waals surface area contributed by atoms with Gasteiger partial charge in [-0.15, -0.1) is 0 Å². The van der Waals surface area contributed by atoms with Crippen molar-refractivity contribution in [3.63, 3.8) is 0 Å². The van der Waals surface area contributed by atoms with Crippen molar-refractivity contribution in [3.8, 4) is 0 Å². The molecule has 0 spiro atoms. The molecule has 0 aliphatic carbocycles. The number of benzene rings is 1. The summed E-state index contributed by atoms with van der Waals surface area (Å²) in [6.07, 6.45) is 0. The minimum Gasteiger partial charge on any atom is -0.372 e. The molecule has 1 aromatic carbocycles. The second kappa shape index (κ2) is 6.46. The molecular weight excluding hydrogens is 363 g/mol. The third-order valence-corrected chi connectivity index (χ3v) is 4.04. The van der Waals surface area contributed by atoms with Gasteiger partial charge in [0.2, 0.25) is 0 Å². The van der Waals surface area contributed by atoms with Crippen molar-refractivity contribution in [1.29, 1.82) is 0 Å². The maximum absolute atomic E-state index is 6.09. The fourth-order valence-electron chi connectivity index (χ4n) is 1.48. The molecule has 0 aliphatic heterocycles. The molecule has 0 saturated carbocycles. The molecule has 0 amide bonds. The van der Waals surface area contributed by atoms with E-state index in [2.05, 4.69) is 15.6 Å². The number of hydrogen-bond donors (Lipinski definition) is 2. The highest BCUT2D eigenvalue weighted by Gasteiger charge is 2.12. The smallest absolute Gasteiger partial charge is 0.151 e. The molecular formula is C12H8Cl5N3. The molecule has 0 atom stereocenters. The largest absolute Gasteiger partial charge is 0.372 e. The predicted octanol–water partition coefficient (Wildman–Crippen LogP) is 6.13. The van der Waals surface area contributed by atoms with Crippen LogP contribution in [0.1, 0.15) is 0 Å². The number of nitrogens with one attached hydrogen (secondary N) is 2. The monoisotopic (exact) mass is 369 g/mol. The zero-order valence-electron chi connectivity index (χ0n) is 10.1. The van der Waals surface area contributed by atoms with Gasteiger partial charge in [-0.05, 0) is 18.2 Å². The Kier molecular flexibility index (Phi) is 5.10. The first-order valence-electron chi connectivity index (χ1n) is 5.37. The summed E-state index contributed by atoms with van der Waals surface area (Å²) in [5.41, 5.74) is 0.542. The van der Waals surface area contributed by atoms with Crippen molar-refractivity contribution in [2.24, 2.45) is 0 Å². The molecule has 106 valence electrons. The number of halogens is 5. The minimum atomic E-state index is 0.358. The van der Waals surface area contributed by atoms with Gasteiger partial charge in [0.25, 0.3) is 0 Å². The maximum atomic E-state index is 6.09. The van der Waals surface area contributed by atoms with Gasteiger partial charge in [-0.25, -0.2) is 4.98 Å². The Labute approximate surface area is 141 Å². The van der Waals surface area contributed by atoms with Crippen LogP contribution in [0.3, 0.4) is 0 Å². The Bertz CT molecular complexity index is 660. The summed E-state index contributed by atoms with van der Waals surface area (Å²) >= 11 is 30.0. The molecule has 2 rings (SSSR count). The fourth-order valence-corrected chi connectivity index (χ4v) is 2.57. The van der Waals surface area contributed by atoms with Gasteiger partial charge < -0.3 is 10.6 Å². The van der Waals surface area contributed by atoms with E-state index in [1.165, 1.54) is 6.07 Å². The minimum absolute atomic E-state index is 0.358. The molecule has 0 unspecified atom stereocenters. The quantitative estimate of drug-likeness (QED) is 0.637. The average Bonchev–Trinajstić information content (AvgIpc) is 2.38. The Balaban J connectivity index is 2.42. The van der Waals surface area contributed by atoms with Gasteiger partial charge in [0.1, 0.15) is 5.82 Å². The highest BCUT2D eigenvalue weighted by Crippen LogP contribution is 2.36. The van der Waals surface area contributed by atoms with Gasteiger partial charge in [0, 0.05) is 7.05 Å². The first-order chi connectivity index (χ1) is 9.42. The van der Waals surface area contributed by atoms with Crippen molar-refractivity contribution >= 4 is 75.3 Å². The number of rotatable bonds is 3. The van der Waals surface area contributed by atoms with Crippen molar-refractivity contribution in [2.45, 2.75) is 0 Å². The number of anilines is 3. The zero-order chi connectivity index (χ0) is 14.9. The Morgan fingerprint density at radius 3 is 1.95 bits per heavy atom. The predicted molar refractivity (Wildman–Crippen MR) is 88.6 cm³/mol. The van der Waals surface area contributed by atoms with E-state index in [9.17, 15) is 0 Å². The van der Waals surface area contributed by atoms with Crippen molar-refractivity contribution in [2.75, 3.05) is 17.7 Å². The van der Waals surface area contributed by atoms with E-state index in [0.29, 0.717) is 42.4 Å². The maximum Gasteiger partial charge on any atom is 0.151 e.